The van der Waals surface area contributed by atoms with Crippen LogP contribution in [-0.4, -0.2) is 37.6 Å². The van der Waals surface area contributed by atoms with E-state index in [1.54, 1.807) is 42.0 Å². The summed E-state index contributed by atoms with van der Waals surface area (Å²) in [6.07, 6.45) is 0.423. The first-order valence-electron chi connectivity index (χ1n) is 8.19. The van der Waals surface area contributed by atoms with Crippen molar-refractivity contribution in [3.63, 3.8) is 0 Å². The zero-order chi connectivity index (χ0) is 19.0. The van der Waals surface area contributed by atoms with Crippen LogP contribution in [0.2, 0.25) is 0 Å². The molecular formula is C18H15F3N6. The van der Waals surface area contributed by atoms with E-state index in [9.17, 15) is 13.2 Å². The molecule has 3 heterocycles. The Kier molecular flexibility index (Phi) is 4.27. The highest BCUT2D eigenvalue weighted by atomic mass is 19.3. The van der Waals surface area contributed by atoms with Gasteiger partial charge in [-0.1, -0.05) is 0 Å². The van der Waals surface area contributed by atoms with E-state index < -0.39 is 13.0 Å². The Labute approximate surface area is 152 Å². The van der Waals surface area contributed by atoms with Crippen molar-refractivity contribution in [2.75, 3.05) is 12.4 Å². The summed E-state index contributed by atoms with van der Waals surface area (Å²) in [6, 6.07) is 9.17. The summed E-state index contributed by atoms with van der Waals surface area (Å²) in [7, 11) is 1.74. The molecule has 3 aromatic heterocycles. The van der Waals surface area contributed by atoms with Crippen molar-refractivity contribution in [2.24, 2.45) is 0 Å². The lowest BCUT2D eigenvalue weighted by Gasteiger charge is -2.10. The minimum absolute atomic E-state index is 0.385. The van der Waals surface area contributed by atoms with Gasteiger partial charge in [-0.25, -0.2) is 23.1 Å². The third kappa shape index (κ3) is 3.12. The van der Waals surface area contributed by atoms with Crippen LogP contribution in [0.1, 0.15) is 0 Å². The lowest BCUT2D eigenvalue weighted by atomic mass is 10.1. The number of halogens is 3. The molecule has 6 nitrogen and oxygen atoms in total. The third-order valence-electron chi connectivity index (χ3n) is 4.15. The maximum absolute atomic E-state index is 13.3. The molecule has 0 radical (unpaired) electrons. The van der Waals surface area contributed by atoms with E-state index >= 15 is 0 Å². The van der Waals surface area contributed by atoms with Gasteiger partial charge in [-0.05, 0) is 36.4 Å². The highest BCUT2D eigenvalue weighted by Gasteiger charge is 2.19. The lowest BCUT2D eigenvalue weighted by molar-refractivity contribution is 0.127. The summed E-state index contributed by atoms with van der Waals surface area (Å²) >= 11 is 0. The Bertz CT molecular complexity index is 1080. The lowest BCUT2D eigenvalue weighted by Crippen LogP contribution is -2.08. The Hall–Kier alpha value is -3.36. The van der Waals surface area contributed by atoms with E-state index in [2.05, 4.69) is 20.4 Å². The maximum atomic E-state index is 13.3. The smallest absolute Gasteiger partial charge is 0.256 e. The average molecular weight is 372 g/mol. The second-order valence-corrected chi connectivity index (χ2v) is 5.87. The van der Waals surface area contributed by atoms with E-state index in [0.29, 0.717) is 34.1 Å². The van der Waals surface area contributed by atoms with Crippen LogP contribution in [0.15, 0.2) is 48.9 Å². The number of hydrogen-bond donors (Lipinski definition) is 1. The summed E-state index contributed by atoms with van der Waals surface area (Å²) in [6.45, 7) is -0.522. The van der Waals surface area contributed by atoms with Gasteiger partial charge in [-0.3, -0.25) is 0 Å². The number of rotatable bonds is 5. The van der Waals surface area contributed by atoms with Gasteiger partial charge in [-0.15, -0.1) is 0 Å². The summed E-state index contributed by atoms with van der Waals surface area (Å²) < 4.78 is 42.3. The van der Waals surface area contributed by atoms with Crippen LogP contribution < -0.4 is 5.32 Å². The molecule has 27 heavy (non-hydrogen) atoms. The highest BCUT2D eigenvalue weighted by Crippen LogP contribution is 2.31. The second-order valence-electron chi connectivity index (χ2n) is 5.87. The Balaban J connectivity index is 1.91. The second kappa shape index (κ2) is 6.75. The topological polar surface area (TPSA) is 60.0 Å². The van der Waals surface area contributed by atoms with Gasteiger partial charge in [0.1, 0.15) is 17.3 Å². The number of nitrogens with zero attached hydrogens (tertiary/aromatic N) is 5. The van der Waals surface area contributed by atoms with Crippen LogP contribution in [0.3, 0.4) is 0 Å². The number of imidazole rings is 2. The molecule has 0 saturated heterocycles. The molecule has 138 valence electrons. The molecule has 1 N–H and O–H groups in total. The summed E-state index contributed by atoms with van der Waals surface area (Å²) in [5.41, 5.74) is 2.56. The number of nitrogens with one attached hydrogen (secondary N) is 1. The number of alkyl halides is 2. The van der Waals surface area contributed by atoms with Gasteiger partial charge in [0, 0.05) is 12.6 Å². The minimum Gasteiger partial charge on any atom is -0.372 e. The normalized spacial score (nSPS) is 11.4. The molecule has 4 aromatic rings. The first kappa shape index (κ1) is 17.1. The average Bonchev–Trinajstić information content (AvgIpc) is 3.25. The first-order valence-corrected chi connectivity index (χ1v) is 8.19. The number of hydrogen-bond acceptors (Lipinski definition) is 4. The van der Waals surface area contributed by atoms with E-state index in [4.69, 9.17) is 0 Å². The molecule has 1 aromatic carbocycles. The number of anilines is 1. The van der Waals surface area contributed by atoms with Gasteiger partial charge in [0.15, 0.2) is 5.65 Å². The molecule has 0 bridgehead atoms. The van der Waals surface area contributed by atoms with Gasteiger partial charge < -0.3 is 9.88 Å². The molecule has 9 heteroatoms. The molecule has 0 fully saturated rings. The van der Waals surface area contributed by atoms with Crippen LogP contribution in [0.25, 0.3) is 28.3 Å². The van der Waals surface area contributed by atoms with Gasteiger partial charge in [0.25, 0.3) is 6.43 Å². The van der Waals surface area contributed by atoms with E-state index in [0.717, 1.165) is 0 Å². The zero-order valence-electron chi connectivity index (χ0n) is 14.3. The highest BCUT2D eigenvalue weighted by molar-refractivity contribution is 5.77. The van der Waals surface area contributed by atoms with E-state index in [1.165, 1.54) is 23.0 Å². The molecule has 0 aliphatic rings. The molecule has 0 aliphatic carbocycles. The zero-order valence-corrected chi connectivity index (χ0v) is 14.3. The molecule has 0 amide bonds. The predicted octanol–water partition coefficient (Wildman–Crippen LogP) is 3.71. The molecule has 4 rings (SSSR count). The molecular weight excluding hydrogens is 357 g/mol. The summed E-state index contributed by atoms with van der Waals surface area (Å²) in [4.78, 5) is 8.51. The molecule has 0 unspecified atom stereocenters. The fourth-order valence-electron chi connectivity index (χ4n) is 2.93. The largest absolute Gasteiger partial charge is 0.372 e. The van der Waals surface area contributed by atoms with Crippen molar-refractivity contribution in [1.82, 2.24) is 24.1 Å². The summed E-state index contributed by atoms with van der Waals surface area (Å²) in [5.74, 6) is 0.277. The monoisotopic (exact) mass is 372 g/mol. The SMILES string of the molecule is CNc1cnc2ccc(-c3c(-c4ccc(F)cc4)ncn3CC(F)F)nn12. The number of fused-ring (bicyclic) bond motifs is 1. The van der Waals surface area contributed by atoms with Crippen molar-refractivity contribution < 1.29 is 13.2 Å². The third-order valence-corrected chi connectivity index (χ3v) is 4.15. The van der Waals surface area contributed by atoms with Crippen molar-refractivity contribution in [3.05, 3.63) is 54.7 Å². The number of benzene rings is 1. The van der Waals surface area contributed by atoms with Gasteiger partial charge in [0.05, 0.1) is 30.5 Å². The van der Waals surface area contributed by atoms with Crippen LogP contribution in [0.4, 0.5) is 19.0 Å². The molecule has 0 aliphatic heterocycles. The quantitative estimate of drug-likeness (QED) is 0.580. The van der Waals surface area contributed by atoms with E-state index in [-0.39, 0.29) is 5.82 Å². The van der Waals surface area contributed by atoms with Crippen LogP contribution in [0, 0.1) is 5.82 Å². The Morgan fingerprint density at radius 1 is 1.07 bits per heavy atom. The van der Waals surface area contributed by atoms with Gasteiger partial charge in [0.2, 0.25) is 0 Å². The van der Waals surface area contributed by atoms with Crippen LogP contribution in [0.5, 0.6) is 0 Å². The Morgan fingerprint density at radius 3 is 2.56 bits per heavy atom. The maximum Gasteiger partial charge on any atom is 0.256 e. The fourth-order valence-corrected chi connectivity index (χ4v) is 2.93. The molecule has 0 saturated carbocycles. The van der Waals surface area contributed by atoms with Crippen molar-refractivity contribution in [2.45, 2.75) is 13.0 Å². The summed E-state index contributed by atoms with van der Waals surface area (Å²) in [5, 5.41) is 7.51. The fraction of sp³-hybridized carbons (Fsp3) is 0.167. The van der Waals surface area contributed by atoms with Crippen molar-refractivity contribution in [1.29, 1.82) is 0 Å². The van der Waals surface area contributed by atoms with Crippen molar-refractivity contribution in [3.8, 4) is 22.6 Å². The Morgan fingerprint density at radius 2 is 1.85 bits per heavy atom. The number of aromatic nitrogens is 5. The van der Waals surface area contributed by atoms with Gasteiger partial charge >= 0.3 is 0 Å². The molecule has 0 atom stereocenters. The first-order chi connectivity index (χ1) is 13.1. The predicted molar refractivity (Wildman–Crippen MR) is 95.2 cm³/mol. The molecule has 0 spiro atoms. The van der Waals surface area contributed by atoms with Gasteiger partial charge in [-0.2, -0.15) is 9.61 Å². The van der Waals surface area contributed by atoms with Crippen LogP contribution in [-0.2, 0) is 6.54 Å². The van der Waals surface area contributed by atoms with E-state index in [1.807, 2.05) is 0 Å². The minimum atomic E-state index is -2.55. The van der Waals surface area contributed by atoms with Crippen LogP contribution >= 0.6 is 0 Å². The standard InChI is InChI=1S/C18H15F3N6/c1-22-16-8-23-15-7-6-13(25-27(15)16)18-17(11-2-4-12(19)5-3-11)24-10-26(18)9-14(20)21/h2-8,10,14,22H,9H2,1H3. The van der Waals surface area contributed by atoms with Crippen molar-refractivity contribution >= 4 is 11.5 Å².